The lowest BCUT2D eigenvalue weighted by Gasteiger charge is -2.23. The van der Waals surface area contributed by atoms with Crippen molar-refractivity contribution in [1.29, 1.82) is 0 Å². The van der Waals surface area contributed by atoms with Gasteiger partial charge in [0.2, 0.25) is 0 Å². The van der Waals surface area contributed by atoms with Crippen molar-refractivity contribution in [2.24, 2.45) is 5.92 Å². The first-order valence-corrected chi connectivity index (χ1v) is 9.01. The number of methoxy groups -OCH3 is 1. The van der Waals surface area contributed by atoms with Crippen LogP contribution in [0.25, 0.3) is 6.08 Å². The first-order chi connectivity index (χ1) is 12.5. The van der Waals surface area contributed by atoms with Crippen LogP contribution < -0.4 is 14.8 Å². The van der Waals surface area contributed by atoms with Crippen LogP contribution in [0.1, 0.15) is 44.6 Å². The van der Waals surface area contributed by atoms with Crippen LogP contribution in [0.4, 0.5) is 0 Å². The minimum absolute atomic E-state index is 0.178. The predicted molar refractivity (Wildman–Crippen MR) is 99.3 cm³/mol. The van der Waals surface area contributed by atoms with Crippen LogP contribution in [0.15, 0.2) is 24.3 Å². The van der Waals surface area contributed by atoms with E-state index in [1.165, 1.54) is 0 Å². The van der Waals surface area contributed by atoms with E-state index >= 15 is 0 Å². The van der Waals surface area contributed by atoms with E-state index in [0.717, 1.165) is 24.8 Å². The highest BCUT2D eigenvalue weighted by molar-refractivity contribution is 5.79. The first kappa shape index (κ1) is 19.8. The third-order valence-corrected chi connectivity index (χ3v) is 4.59. The third-order valence-electron chi connectivity index (χ3n) is 4.59. The second-order valence-electron chi connectivity index (χ2n) is 6.46. The summed E-state index contributed by atoms with van der Waals surface area (Å²) in [6.07, 6.45) is 7.96. The highest BCUT2D eigenvalue weighted by Crippen LogP contribution is 2.28. The number of ether oxygens (including phenoxy) is 2. The predicted octanol–water partition coefficient (Wildman–Crippen LogP) is 3.26. The number of aliphatic carboxylic acids is 1. The molecule has 26 heavy (non-hydrogen) atoms. The Morgan fingerprint density at radius 3 is 2.69 bits per heavy atom. The summed E-state index contributed by atoms with van der Waals surface area (Å²) in [5.41, 5.74) is 0.976. The van der Waals surface area contributed by atoms with Gasteiger partial charge in [-0.3, -0.25) is 9.59 Å². The van der Waals surface area contributed by atoms with Crippen LogP contribution in [-0.4, -0.2) is 36.7 Å². The number of carbonyl (C=O) groups is 2. The largest absolute Gasteiger partial charge is 0.493 e. The Hall–Kier alpha value is -2.50. The van der Waals surface area contributed by atoms with Gasteiger partial charge < -0.3 is 19.9 Å². The van der Waals surface area contributed by atoms with E-state index in [4.69, 9.17) is 9.47 Å². The first-order valence-electron chi connectivity index (χ1n) is 9.01. The van der Waals surface area contributed by atoms with E-state index in [1.807, 2.05) is 31.2 Å². The van der Waals surface area contributed by atoms with E-state index in [-0.39, 0.29) is 18.6 Å². The van der Waals surface area contributed by atoms with Crippen molar-refractivity contribution in [3.8, 4) is 11.5 Å². The SMILES string of the molecule is C/C=C/c1ccc(OCC(=O)N[C@H]2CCCCC[C@H]2C(=O)O)c(OC)c1. The van der Waals surface area contributed by atoms with E-state index in [9.17, 15) is 14.7 Å². The zero-order chi connectivity index (χ0) is 18.9. The molecule has 1 fully saturated rings. The number of carbonyl (C=O) groups excluding carboxylic acids is 1. The number of hydrogen-bond donors (Lipinski definition) is 2. The van der Waals surface area contributed by atoms with Gasteiger partial charge in [-0.25, -0.2) is 0 Å². The Morgan fingerprint density at radius 1 is 1.23 bits per heavy atom. The molecule has 2 atom stereocenters. The van der Waals surface area contributed by atoms with Gasteiger partial charge >= 0.3 is 5.97 Å². The number of carboxylic acids is 1. The van der Waals surface area contributed by atoms with E-state index < -0.39 is 11.9 Å². The standard InChI is InChI=1S/C20H27NO5/c1-3-7-14-10-11-17(18(12-14)25-2)26-13-19(22)21-16-9-6-4-5-8-15(16)20(23)24/h3,7,10-12,15-16H,4-6,8-9,13H2,1-2H3,(H,21,22)(H,23,24)/b7-3+/t15-,16+/m1/s1. The maximum absolute atomic E-state index is 12.3. The van der Waals surface area contributed by atoms with Crippen molar-refractivity contribution >= 4 is 18.0 Å². The van der Waals surface area contributed by atoms with Gasteiger partial charge in [0.05, 0.1) is 13.0 Å². The lowest BCUT2D eigenvalue weighted by Crippen LogP contribution is -2.44. The second-order valence-corrected chi connectivity index (χ2v) is 6.46. The van der Waals surface area contributed by atoms with Crippen molar-refractivity contribution < 1.29 is 24.2 Å². The van der Waals surface area contributed by atoms with Gasteiger partial charge in [0.25, 0.3) is 5.91 Å². The van der Waals surface area contributed by atoms with Gasteiger partial charge in [0, 0.05) is 6.04 Å². The zero-order valence-corrected chi connectivity index (χ0v) is 15.4. The molecule has 6 nitrogen and oxygen atoms in total. The number of carboxylic acid groups (broad SMARTS) is 1. The lowest BCUT2D eigenvalue weighted by molar-refractivity contribution is -0.143. The summed E-state index contributed by atoms with van der Waals surface area (Å²) in [6, 6.07) is 5.12. The van der Waals surface area contributed by atoms with Gasteiger partial charge in [-0.15, -0.1) is 0 Å². The summed E-state index contributed by atoms with van der Waals surface area (Å²) in [6.45, 7) is 1.75. The fourth-order valence-corrected chi connectivity index (χ4v) is 3.27. The molecule has 0 heterocycles. The van der Waals surface area contributed by atoms with E-state index in [0.29, 0.717) is 24.3 Å². The Bertz CT molecular complexity index is 656. The molecule has 2 N–H and O–H groups in total. The molecule has 0 aromatic heterocycles. The van der Waals surface area contributed by atoms with Crippen LogP contribution in [0.3, 0.4) is 0 Å². The fraction of sp³-hybridized carbons (Fsp3) is 0.500. The second kappa shape index (κ2) is 9.85. The van der Waals surface area contributed by atoms with Crippen LogP contribution >= 0.6 is 0 Å². The molecule has 1 aromatic rings. The van der Waals surface area contributed by atoms with Crippen molar-refractivity contribution in [1.82, 2.24) is 5.32 Å². The fourth-order valence-electron chi connectivity index (χ4n) is 3.27. The van der Waals surface area contributed by atoms with E-state index in [1.54, 1.807) is 13.2 Å². The summed E-state index contributed by atoms with van der Waals surface area (Å²) < 4.78 is 10.9. The Labute approximate surface area is 154 Å². The molecular formula is C20H27NO5. The molecule has 2 rings (SSSR count). The molecule has 1 saturated carbocycles. The molecule has 0 spiro atoms. The van der Waals surface area contributed by atoms with Crippen LogP contribution in [0.2, 0.25) is 0 Å². The smallest absolute Gasteiger partial charge is 0.308 e. The van der Waals surface area contributed by atoms with Crippen molar-refractivity contribution in [2.75, 3.05) is 13.7 Å². The van der Waals surface area contributed by atoms with Crippen molar-refractivity contribution in [3.63, 3.8) is 0 Å². The summed E-state index contributed by atoms with van der Waals surface area (Å²) in [7, 11) is 1.55. The quantitative estimate of drug-likeness (QED) is 0.728. The summed E-state index contributed by atoms with van der Waals surface area (Å²) >= 11 is 0. The minimum Gasteiger partial charge on any atom is -0.493 e. The Kier molecular flexibility index (Phi) is 7.51. The Balaban J connectivity index is 1.96. The zero-order valence-electron chi connectivity index (χ0n) is 15.4. The topological polar surface area (TPSA) is 84.9 Å². The van der Waals surface area contributed by atoms with E-state index in [2.05, 4.69) is 5.32 Å². The molecule has 0 bridgehead atoms. The number of benzene rings is 1. The molecule has 142 valence electrons. The van der Waals surface area contributed by atoms with Gasteiger partial charge in [-0.1, -0.05) is 37.5 Å². The maximum atomic E-state index is 12.3. The molecule has 1 aromatic carbocycles. The summed E-state index contributed by atoms with van der Waals surface area (Å²) in [4.78, 5) is 23.7. The lowest BCUT2D eigenvalue weighted by atomic mass is 9.95. The molecule has 0 radical (unpaired) electrons. The molecule has 0 aliphatic heterocycles. The maximum Gasteiger partial charge on any atom is 0.308 e. The monoisotopic (exact) mass is 361 g/mol. The van der Waals surface area contributed by atoms with Crippen LogP contribution in [0.5, 0.6) is 11.5 Å². The van der Waals surface area contributed by atoms with Crippen LogP contribution in [0, 0.1) is 5.92 Å². The highest BCUT2D eigenvalue weighted by Gasteiger charge is 2.30. The number of rotatable bonds is 7. The summed E-state index contributed by atoms with van der Waals surface area (Å²) in [5, 5.41) is 12.2. The molecule has 1 amide bonds. The van der Waals surface area contributed by atoms with Crippen molar-refractivity contribution in [3.05, 3.63) is 29.8 Å². The highest BCUT2D eigenvalue weighted by atomic mass is 16.5. The molecular weight excluding hydrogens is 334 g/mol. The Morgan fingerprint density at radius 2 is 2.00 bits per heavy atom. The average molecular weight is 361 g/mol. The number of amides is 1. The minimum atomic E-state index is -0.848. The normalized spacial score (nSPS) is 20.4. The van der Waals surface area contributed by atoms with Gasteiger partial charge in [0.1, 0.15) is 0 Å². The number of allylic oxidation sites excluding steroid dienone is 1. The summed E-state index contributed by atoms with van der Waals surface area (Å²) in [5.74, 6) is -0.670. The molecule has 1 aliphatic rings. The van der Waals surface area contributed by atoms with Gasteiger partial charge in [0.15, 0.2) is 18.1 Å². The number of nitrogens with one attached hydrogen (secondary N) is 1. The van der Waals surface area contributed by atoms with Gasteiger partial charge in [-0.05, 0) is 37.5 Å². The molecule has 0 unspecified atom stereocenters. The van der Waals surface area contributed by atoms with Gasteiger partial charge in [-0.2, -0.15) is 0 Å². The third kappa shape index (κ3) is 5.51. The average Bonchev–Trinajstić information content (AvgIpc) is 2.86. The molecule has 6 heteroatoms. The number of hydrogen-bond acceptors (Lipinski definition) is 4. The van der Waals surface area contributed by atoms with Crippen molar-refractivity contribution in [2.45, 2.75) is 45.1 Å². The molecule has 1 aliphatic carbocycles. The van der Waals surface area contributed by atoms with Crippen LogP contribution in [-0.2, 0) is 9.59 Å². The molecule has 0 saturated heterocycles.